The summed E-state index contributed by atoms with van der Waals surface area (Å²) in [7, 11) is -4.01. The Morgan fingerprint density at radius 3 is 2.62 bits per heavy atom. The highest BCUT2D eigenvalue weighted by molar-refractivity contribution is 7.88. The third-order valence-corrected chi connectivity index (χ3v) is 5.17. The molecule has 0 fully saturated rings. The number of nitrogens with zero attached hydrogens (tertiary/aromatic N) is 3. The molecule has 0 bridgehead atoms. The quantitative estimate of drug-likeness (QED) is 0.394. The maximum absolute atomic E-state index is 11.0. The molecule has 0 amide bonds. The molecule has 12 heteroatoms. The van der Waals surface area contributed by atoms with Crippen molar-refractivity contribution in [2.45, 2.75) is 18.8 Å². The second-order valence-corrected chi connectivity index (χ2v) is 7.90. The summed E-state index contributed by atoms with van der Waals surface area (Å²) in [6.07, 6.45) is 0.782. The zero-order chi connectivity index (χ0) is 17.7. The molecular formula is C12H17N7O2S3. The Hall–Kier alpha value is -2.02. The fraction of sp³-hybridized carbons (Fsp3) is 0.250. The number of guanidine groups is 1. The molecule has 0 aromatic carbocycles. The van der Waals surface area contributed by atoms with E-state index >= 15 is 0 Å². The smallest absolute Gasteiger partial charge is 0.318 e. The van der Waals surface area contributed by atoms with Gasteiger partial charge in [-0.1, -0.05) is 6.07 Å². The van der Waals surface area contributed by atoms with Crippen LogP contribution in [0, 0.1) is 0 Å². The van der Waals surface area contributed by atoms with Gasteiger partial charge in [0.25, 0.3) is 0 Å². The van der Waals surface area contributed by atoms with Gasteiger partial charge >= 0.3 is 10.2 Å². The van der Waals surface area contributed by atoms with E-state index in [1.807, 2.05) is 22.9 Å². The van der Waals surface area contributed by atoms with Gasteiger partial charge in [-0.25, -0.2) is 10.1 Å². The molecule has 0 saturated heterocycles. The monoisotopic (exact) mass is 387 g/mol. The summed E-state index contributed by atoms with van der Waals surface area (Å²) in [5.41, 5.74) is 17.2. The first-order chi connectivity index (χ1) is 11.2. The topological polar surface area (TPSA) is 176 Å². The van der Waals surface area contributed by atoms with Crippen molar-refractivity contribution in [1.29, 1.82) is 0 Å². The van der Waals surface area contributed by atoms with Crippen LogP contribution in [0.4, 0.5) is 5.13 Å². The van der Waals surface area contributed by atoms with Crippen LogP contribution in [0.1, 0.15) is 22.9 Å². The summed E-state index contributed by atoms with van der Waals surface area (Å²) in [5, 5.41) is 9.13. The summed E-state index contributed by atoms with van der Waals surface area (Å²) in [6, 6.07) is 3.86. The molecule has 2 heterocycles. The van der Waals surface area contributed by atoms with E-state index in [1.165, 1.54) is 11.3 Å². The summed E-state index contributed by atoms with van der Waals surface area (Å²) < 4.78 is 25.4. The number of nitrogens with two attached hydrogens (primary N) is 4. The predicted molar refractivity (Wildman–Crippen MR) is 97.7 cm³/mol. The number of hydrogen-bond acceptors (Lipinski definition) is 6. The molecule has 0 radical (unpaired) electrons. The van der Waals surface area contributed by atoms with Crippen molar-refractivity contribution < 1.29 is 8.42 Å². The van der Waals surface area contributed by atoms with Gasteiger partial charge in [0.15, 0.2) is 5.96 Å². The van der Waals surface area contributed by atoms with Crippen molar-refractivity contribution in [2.75, 3.05) is 0 Å². The minimum Gasteiger partial charge on any atom is -0.386 e. The van der Waals surface area contributed by atoms with Crippen LogP contribution in [-0.4, -0.2) is 25.2 Å². The molecule has 0 aliphatic heterocycles. The fourth-order valence-electron chi connectivity index (χ4n) is 2.05. The average molecular weight is 388 g/mol. The van der Waals surface area contributed by atoms with E-state index in [0.717, 1.165) is 10.6 Å². The van der Waals surface area contributed by atoms with Gasteiger partial charge in [-0.05, 0) is 17.9 Å². The lowest BCUT2D eigenvalue weighted by Gasteiger charge is -2.13. The first-order valence-electron chi connectivity index (χ1n) is 6.67. The molecule has 1 atom stereocenters. The molecule has 2 aromatic rings. The molecule has 24 heavy (non-hydrogen) atoms. The molecule has 130 valence electrons. The summed E-state index contributed by atoms with van der Waals surface area (Å²) >= 11 is 2.86. The lowest BCUT2D eigenvalue weighted by molar-refractivity contribution is 0.599. The van der Waals surface area contributed by atoms with Gasteiger partial charge in [0, 0.05) is 22.6 Å². The van der Waals surface area contributed by atoms with Gasteiger partial charge in [-0.15, -0.1) is 27.1 Å². The minimum absolute atomic E-state index is 0.0458. The van der Waals surface area contributed by atoms with E-state index in [2.05, 4.69) is 14.4 Å². The number of aromatic nitrogens is 1. The van der Waals surface area contributed by atoms with Crippen LogP contribution in [0.2, 0.25) is 0 Å². The molecular weight excluding hydrogens is 370 g/mol. The van der Waals surface area contributed by atoms with Crippen LogP contribution >= 0.6 is 22.7 Å². The number of aliphatic imine (C=N–C) groups is 1. The summed E-state index contributed by atoms with van der Waals surface area (Å²) in [6.45, 7) is 0. The van der Waals surface area contributed by atoms with E-state index < -0.39 is 10.2 Å². The number of amidine groups is 1. The lowest BCUT2D eigenvalue weighted by atomic mass is 9.97. The molecule has 0 aliphatic rings. The van der Waals surface area contributed by atoms with Crippen molar-refractivity contribution in [3.8, 4) is 0 Å². The van der Waals surface area contributed by atoms with Gasteiger partial charge in [-0.3, -0.25) is 0 Å². The summed E-state index contributed by atoms with van der Waals surface area (Å²) in [5.74, 6) is -0.185. The Balaban J connectivity index is 2.20. The van der Waals surface area contributed by atoms with Crippen LogP contribution in [0.5, 0.6) is 0 Å². The van der Waals surface area contributed by atoms with Crippen molar-refractivity contribution in [3.05, 3.63) is 33.5 Å². The van der Waals surface area contributed by atoms with E-state index in [9.17, 15) is 8.42 Å². The number of hydrogen-bond donors (Lipinski definition) is 4. The number of thiophene rings is 1. The first-order valence-corrected chi connectivity index (χ1v) is 9.93. The van der Waals surface area contributed by atoms with Gasteiger partial charge in [-0.2, -0.15) is 13.4 Å². The maximum atomic E-state index is 11.0. The molecule has 9 nitrogen and oxygen atoms in total. The normalized spacial score (nSPS) is 13.6. The zero-order valence-electron chi connectivity index (χ0n) is 12.5. The van der Waals surface area contributed by atoms with Crippen molar-refractivity contribution in [2.24, 2.45) is 31.7 Å². The second-order valence-electron chi connectivity index (χ2n) is 4.88. The maximum Gasteiger partial charge on any atom is 0.318 e. The van der Waals surface area contributed by atoms with Gasteiger partial charge in [0.05, 0.1) is 5.69 Å². The highest BCUT2D eigenvalue weighted by atomic mass is 32.2. The highest BCUT2D eigenvalue weighted by Crippen LogP contribution is 2.30. The van der Waals surface area contributed by atoms with Crippen LogP contribution in [-0.2, 0) is 16.6 Å². The SMILES string of the molecule is NC(N)=Nc1nc(CC(CC(N)=NS(N)(=O)=O)c2cccs2)cs1. The van der Waals surface area contributed by atoms with Crippen LogP contribution in [0.3, 0.4) is 0 Å². The fourth-order valence-corrected chi connectivity index (χ4v) is 4.00. The Morgan fingerprint density at radius 2 is 2.04 bits per heavy atom. The van der Waals surface area contributed by atoms with Crippen molar-refractivity contribution in [1.82, 2.24) is 4.98 Å². The summed E-state index contributed by atoms with van der Waals surface area (Å²) in [4.78, 5) is 9.27. The highest BCUT2D eigenvalue weighted by Gasteiger charge is 2.18. The molecule has 2 rings (SSSR count). The first kappa shape index (κ1) is 18.3. The Labute approximate surface area is 147 Å². The van der Waals surface area contributed by atoms with Gasteiger partial charge in [0.1, 0.15) is 5.84 Å². The third-order valence-electron chi connectivity index (χ3n) is 2.87. The predicted octanol–water partition coefficient (Wildman–Crippen LogP) is 0.387. The number of thiazole rings is 1. The molecule has 0 aliphatic carbocycles. The average Bonchev–Trinajstić information content (AvgIpc) is 3.06. The molecule has 1 unspecified atom stereocenters. The Kier molecular flexibility index (Phi) is 5.88. The Morgan fingerprint density at radius 1 is 1.29 bits per heavy atom. The Bertz CT molecular complexity index is 836. The van der Waals surface area contributed by atoms with E-state index in [-0.39, 0.29) is 24.1 Å². The van der Waals surface area contributed by atoms with Gasteiger partial charge in [0.2, 0.25) is 5.13 Å². The van der Waals surface area contributed by atoms with Crippen molar-refractivity contribution in [3.63, 3.8) is 0 Å². The van der Waals surface area contributed by atoms with E-state index in [0.29, 0.717) is 11.6 Å². The largest absolute Gasteiger partial charge is 0.386 e. The second kappa shape index (κ2) is 7.70. The zero-order valence-corrected chi connectivity index (χ0v) is 14.9. The minimum atomic E-state index is -4.01. The van der Waals surface area contributed by atoms with E-state index in [4.69, 9.17) is 22.3 Å². The van der Waals surface area contributed by atoms with Gasteiger partial charge < -0.3 is 17.2 Å². The standard InChI is InChI=1S/C12H17N7O2S3/c13-10(19-24(16,20)21)5-7(9-2-1-3-22-9)4-8-6-23-12(17-8)18-11(14)15/h1-3,6-7H,4-5H2,(H2,13,19)(H2,16,20,21)(H4,14,15,17,18). The molecule has 0 spiro atoms. The number of rotatable bonds is 7. The van der Waals surface area contributed by atoms with E-state index in [1.54, 1.807) is 11.3 Å². The van der Waals surface area contributed by atoms with Crippen LogP contribution in [0.15, 0.2) is 32.3 Å². The molecule has 0 saturated carbocycles. The third kappa shape index (κ3) is 5.88. The molecule has 2 aromatic heterocycles. The molecule has 8 N–H and O–H groups in total. The lowest BCUT2D eigenvalue weighted by Crippen LogP contribution is -2.22. The van der Waals surface area contributed by atoms with Crippen LogP contribution < -0.4 is 22.3 Å². The van der Waals surface area contributed by atoms with Crippen LogP contribution in [0.25, 0.3) is 0 Å². The van der Waals surface area contributed by atoms with Crippen molar-refractivity contribution >= 4 is 49.8 Å².